The summed E-state index contributed by atoms with van der Waals surface area (Å²) in [5, 5.41) is 0. The Hall–Kier alpha value is -1.15. The second-order valence-corrected chi connectivity index (χ2v) is 4.04. The zero-order valence-electron chi connectivity index (χ0n) is 8.19. The number of benzene rings is 1. The monoisotopic (exact) mass is 186 g/mol. The molecule has 0 aromatic heterocycles. The van der Waals surface area contributed by atoms with Crippen molar-refractivity contribution in [3.05, 3.63) is 35.9 Å². The zero-order chi connectivity index (χ0) is 9.38. The van der Waals surface area contributed by atoms with Crippen molar-refractivity contribution in [1.29, 1.82) is 0 Å². The molecular weight excluding hydrogens is 172 g/mol. The van der Waals surface area contributed by atoms with Gasteiger partial charge in [0.05, 0.1) is 5.71 Å². The van der Waals surface area contributed by atoms with E-state index >= 15 is 0 Å². The first-order valence-electron chi connectivity index (χ1n) is 5.29. The van der Waals surface area contributed by atoms with Gasteiger partial charge in [-0.1, -0.05) is 30.3 Å². The van der Waals surface area contributed by atoms with E-state index in [0.29, 0.717) is 6.17 Å². The van der Waals surface area contributed by atoms with Gasteiger partial charge in [0, 0.05) is 13.1 Å². The Kier molecular flexibility index (Phi) is 1.88. The number of hydrogen-bond donors (Lipinski definition) is 0. The van der Waals surface area contributed by atoms with Crippen LogP contribution >= 0.6 is 0 Å². The third kappa shape index (κ3) is 1.26. The maximum atomic E-state index is 4.76. The van der Waals surface area contributed by atoms with Crippen LogP contribution in [0, 0.1) is 0 Å². The van der Waals surface area contributed by atoms with E-state index in [1.807, 2.05) is 0 Å². The highest BCUT2D eigenvalue weighted by Crippen LogP contribution is 2.24. The van der Waals surface area contributed by atoms with Crippen molar-refractivity contribution in [2.45, 2.75) is 19.0 Å². The normalized spacial score (nSPS) is 26.3. The SMILES string of the molecule is c1ccc(C2=NC3CCCN3C2)cc1. The molecular formula is C12H14N2. The molecule has 1 fully saturated rings. The summed E-state index contributed by atoms with van der Waals surface area (Å²) in [6, 6.07) is 10.5. The molecule has 1 unspecified atom stereocenters. The summed E-state index contributed by atoms with van der Waals surface area (Å²) in [5.74, 6) is 0. The van der Waals surface area contributed by atoms with Gasteiger partial charge in [0.25, 0.3) is 0 Å². The van der Waals surface area contributed by atoms with Gasteiger partial charge in [-0.15, -0.1) is 0 Å². The van der Waals surface area contributed by atoms with Crippen LogP contribution in [0.2, 0.25) is 0 Å². The van der Waals surface area contributed by atoms with Crippen molar-refractivity contribution in [3.63, 3.8) is 0 Å². The van der Waals surface area contributed by atoms with Crippen LogP contribution in [0.1, 0.15) is 18.4 Å². The fourth-order valence-electron chi connectivity index (χ4n) is 2.35. The topological polar surface area (TPSA) is 15.6 Å². The van der Waals surface area contributed by atoms with Crippen molar-refractivity contribution < 1.29 is 0 Å². The molecule has 14 heavy (non-hydrogen) atoms. The Bertz CT molecular complexity index is 356. The summed E-state index contributed by atoms with van der Waals surface area (Å²) in [5.41, 5.74) is 2.57. The molecule has 0 amide bonds. The molecule has 0 aliphatic carbocycles. The van der Waals surface area contributed by atoms with Crippen LogP contribution in [-0.2, 0) is 0 Å². The number of rotatable bonds is 1. The Morgan fingerprint density at radius 1 is 1.21 bits per heavy atom. The zero-order valence-corrected chi connectivity index (χ0v) is 8.19. The predicted molar refractivity (Wildman–Crippen MR) is 57.6 cm³/mol. The van der Waals surface area contributed by atoms with Gasteiger partial charge in [0.2, 0.25) is 0 Å². The predicted octanol–water partition coefficient (Wildman–Crippen LogP) is 1.91. The highest BCUT2D eigenvalue weighted by Gasteiger charge is 2.30. The van der Waals surface area contributed by atoms with E-state index in [1.165, 1.54) is 30.7 Å². The largest absolute Gasteiger partial charge is 0.276 e. The van der Waals surface area contributed by atoms with Gasteiger partial charge in [-0.25, -0.2) is 0 Å². The van der Waals surface area contributed by atoms with Crippen LogP contribution in [0.15, 0.2) is 35.3 Å². The van der Waals surface area contributed by atoms with E-state index in [2.05, 4.69) is 35.2 Å². The van der Waals surface area contributed by atoms with Gasteiger partial charge in [-0.3, -0.25) is 9.89 Å². The molecule has 3 rings (SSSR count). The molecule has 2 aliphatic heterocycles. The third-order valence-corrected chi connectivity index (χ3v) is 3.09. The van der Waals surface area contributed by atoms with E-state index in [4.69, 9.17) is 4.99 Å². The molecule has 1 aromatic rings. The minimum Gasteiger partial charge on any atom is -0.276 e. The first-order valence-corrected chi connectivity index (χ1v) is 5.29. The van der Waals surface area contributed by atoms with Gasteiger partial charge < -0.3 is 0 Å². The minimum absolute atomic E-state index is 0.491. The Balaban J connectivity index is 1.88. The molecule has 0 saturated carbocycles. The highest BCUT2D eigenvalue weighted by atomic mass is 15.3. The molecule has 0 N–H and O–H groups in total. The lowest BCUT2D eigenvalue weighted by atomic mass is 10.1. The minimum atomic E-state index is 0.491. The first-order chi connectivity index (χ1) is 6.93. The number of aliphatic imine (C=N–C) groups is 1. The quantitative estimate of drug-likeness (QED) is 0.654. The Morgan fingerprint density at radius 2 is 2.07 bits per heavy atom. The van der Waals surface area contributed by atoms with Crippen LogP contribution in [0.3, 0.4) is 0 Å². The number of fused-ring (bicyclic) bond motifs is 1. The van der Waals surface area contributed by atoms with Crippen molar-refractivity contribution in [2.75, 3.05) is 13.1 Å². The average molecular weight is 186 g/mol. The molecule has 1 atom stereocenters. The molecule has 2 aliphatic rings. The summed E-state index contributed by atoms with van der Waals surface area (Å²) < 4.78 is 0. The maximum absolute atomic E-state index is 4.76. The summed E-state index contributed by atoms with van der Waals surface area (Å²) in [6.07, 6.45) is 3.05. The van der Waals surface area contributed by atoms with E-state index in [0.717, 1.165) is 6.54 Å². The van der Waals surface area contributed by atoms with Gasteiger partial charge in [0.15, 0.2) is 0 Å². The van der Waals surface area contributed by atoms with E-state index in [9.17, 15) is 0 Å². The summed E-state index contributed by atoms with van der Waals surface area (Å²) >= 11 is 0. The lowest BCUT2D eigenvalue weighted by Crippen LogP contribution is -2.25. The van der Waals surface area contributed by atoms with Gasteiger partial charge in [-0.05, 0) is 18.4 Å². The summed E-state index contributed by atoms with van der Waals surface area (Å²) in [6.45, 7) is 2.28. The van der Waals surface area contributed by atoms with Crippen molar-refractivity contribution >= 4 is 5.71 Å². The van der Waals surface area contributed by atoms with Gasteiger partial charge in [0.1, 0.15) is 6.17 Å². The standard InChI is InChI=1S/C12H14N2/c1-2-5-10(6-3-1)11-9-14-8-4-7-12(14)13-11/h1-3,5-6,12H,4,7-9H2. The van der Waals surface area contributed by atoms with Crippen molar-refractivity contribution in [1.82, 2.24) is 4.90 Å². The summed E-state index contributed by atoms with van der Waals surface area (Å²) in [4.78, 5) is 7.24. The number of nitrogens with zero attached hydrogens (tertiary/aromatic N) is 2. The van der Waals surface area contributed by atoms with Crippen LogP contribution < -0.4 is 0 Å². The van der Waals surface area contributed by atoms with E-state index < -0.39 is 0 Å². The molecule has 2 nitrogen and oxygen atoms in total. The maximum Gasteiger partial charge on any atom is 0.103 e. The molecule has 2 heterocycles. The smallest absolute Gasteiger partial charge is 0.103 e. The molecule has 1 saturated heterocycles. The lowest BCUT2D eigenvalue weighted by Gasteiger charge is -2.11. The van der Waals surface area contributed by atoms with Crippen molar-refractivity contribution in [2.24, 2.45) is 4.99 Å². The number of hydrogen-bond acceptors (Lipinski definition) is 2. The fraction of sp³-hybridized carbons (Fsp3) is 0.417. The fourth-order valence-corrected chi connectivity index (χ4v) is 2.35. The molecule has 0 radical (unpaired) electrons. The molecule has 0 bridgehead atoms. The second-order valence-electron chi connectivity index (χ2n) is 4.04. The lowest BCUT2D eigenvalue weighted by molar-refractivity contribution is 0.322. The Morgan fingerprint density at radius 3 is 2.86 bits per heavy atom. The third-order valence-electron chi connectivity index (χ3n) is 3.09. The van der Waals surface area contributed by atoms with Crippen molar-refractivity contribution in [3.8, 4) is 0 Å². The van der Waals surface area contributed by atoms with Crippen LogP contribution in [0.4, 0.5) is 0 Å². The summed E-state index contributed by atoms with van der Waals surface area (Å²) in [7, 11) is 0. The van der Waals surface area contributed by atoms with Crippen LogP contribution in [0.5, 0.6) is 0 Å². The second kappa shape index (κ2) is 3.21. The van der Waals surface area contributed by atoms with E-state index in [-0.39, 0.29) is 0 Å². The molecule has 1 aromatic carbocycles. The van der Waals surface area contributed by atoms with Crippen LogP contribution in [-0.4, -0.2) is 29.9 Å². The Labute approximate surface area is 84.3 Å². The van der Waals surface area contributed by atoms with Crippen LogP contribution in [0.25, 0.3) is 0 Å². The highest BCUT2D eigenvalue weighted by molar-refractivity contribution is 6.03. The van der Waals surface area contributed by atoms with Gasteiger partial charge >= 0.3 is 0 Å². The molecule has 2 heteroatoms. The van der Waals surface area contributed by atoms with E-state index in [1.54, 1.807) is 0 Å². The molecule has 0 spiro atoms. The molecule has 72 valence electrons. The first kappa shape index (κ1) is 8.18. The average Bonchev–Trinajstić information content (AvgIpc) is 2.78. The van der Waals surface area contributed by atoms with Gasteiger partial charge in [-0.2, -0.15) is 0 Å².